The number of ether oxygens (including phenoxy) is 1. The van der Waals surface area contributed by atoms with Crippen LogP contribution in [0, 0.1) is 62.3 Å². The Labute approximate surface area is 713 Å². The number of aryl methyl sites for hydroxylation is 9. The van der Waals surface area contributed by atoms with Crippen molar-refractivity contribution in [2.75, 3.05) is 24.9 Å². The van der Waals surface area contributed by atoms with Gasteiger partial charge in [-0.05, 0) is 253 Å². The van der Waals surface area contributed by atoms with Crippen LogP contribution in [0.5, 0.6) is 11.5 Å². The van der Waals surface area contributed by atoms with Crippen LogP contribution in [-0.4, -0.2) is 20.1 Å². The Kier molecular flexibility index (Phi) is 14.6. The summed E-state index contributed by atoms with van der Waals surface area (Å²) in [6, 6.07) is 114. The molecule has 3 aromatic heterocycles. The van der Waals surface area contributed by atoms with Gasteiger partial charge in [0.1, 0.15) is 45.0 Å². The smallest absolute Gasteiger partial charge is 0.256 e. The first-order valence-corrected chi connectivity index (χ1v) is 42.9. The summed E-state index contributed by atoms with van der Waals surface area (Å²) >= 11 is 0. The Bertz CT molecular complexity index is 8090. The average Bonchev–Trinajstić information content (AvgIpc) is 1.36. The largest absolute Gasteiger partial charge is 0.458 e. The number of hydrogen-bond acceptors (Lipinski definition) is 9. The van der Waals surface area contributed by atoms with Crippen molar-refractivity contribution in [1.82, 2.24) is 0 Å². The minimum Gasteiger partial charge on any atom is -0.458 e. The lowest BCUT2D eigenvalue weighted by molar-refractivity contribution is 0.487. The number of hydrogen-bond donors (Lipinski definition) is 1. The molecule has 12 heteroatoms. The summed E-state index contributed by atoms with van der Waals surface area (Å²) in [5.41, 5.74) is 48.1. The van der Waals surface area contributed by atoms with Crippen LogP contribution in [-0.2, 0) is 0 Å². The van der Waals surface area contributed by atoms with Crippen LogP contribution in [0.1, 0.15) is 50.1 Å². The van der Waals surface area contributed by atoms with Crippen molar-refractivity contribution in [3.05, 3.63) is 353 Å². The van der Waals surface area contributed by atoms with Gasteiger partial charge in [0.25, 0.3) is 20.1 Å². The molecule has 6 aliphatic heterocycles. The summed E-state index contributed by atoms with van der Waals surface area (Å²) < 4.78 is 28.7. The van der Waals surface area contributed by atoms with E-state index in [-0.39, 0.29) is 20.1 Å². The Balaban J connectivity index is 0.800. The van der Waals surface area contributed by atoms with E-state index in [2.05, 4.69) is 391 Å². The monoisotopic (exact) mass is 1580 g/mol. The van der Waals surface area contributed by atoms with Gasteiger partial charge >= 0.3 is 0 Å². The minimum atomic E-state index is -0.373. The van der Waals surface area contributed by atoms with E-state index in [1.807, 2.05) is 0 Å². The predicted molar refractivity (Wildman–Crippen MR) is 516 cm³/mol. The van der Waals surface area contributed by atoms with E-state index in [0.717, 1.165) is 201 Å². The number of anilines is 14. The summed E-state index contributed by atoms with van der Waals surface area (Å²) in [5.74, 6) is 1.66. The van der Waals surface area contributed by atoms with E-state index in [1.165, 1.54) is 88.3 Å². The van der Waals surface area contributed by atoms with Gasteiger partial charge in [0.2, 0.25) is 0 Å². The van der Waals surface area contributed by atoms with Crippen molar-refractivity contribution >= 4 is 215 Å². The van der Waals surface area contributed by atoms with Crippen LogP contribution >= 0.6 is 0 Å². The number of nitrogens with one attached hydrogen (secondary N) is 1. The van der Waals surface area contributed by atoms with Crippen LogP contribution in [0.15, 0.2) is 317 Å². The van der Waals surface area contributed by atoms with Crippen molar-refractivity contribution in [1.29, 1.82) is 0 Å². The second-order valence-electron chi connectivity index (χ2n) is 35.1. The fraction of sp³-hybridized carbons (Fsp3) is 0.0811. The third-order valence-electron chi connectivity index (χ3n) is 27.5. The Morgan fingerprint density at radius 1 is 0.244 bits per heavy atom. The Hall–Kier alpha value is -14.9. The zero-order valence-corrected chi connectivity index (χ0v) is 69.5. The zero-order chi connectivity index (χ0) is 82.0. The van der Waals surface area contributed by atoms with E-state index < -0.39 is 0 Å². The first-order valence-electron chi connectivity index (χ1n) is 42.9. The SMILES string of the molecule is Cc1cc(C)c(N2c3cc4c(cc3B3c5ccccc5Oc5cc(-c6cccc7c6oc6ccccc67)cc2c53)B2c3cc5c(cc3N(c3c(C)cc(C)cc3C)c3cc(-c6cccc7c6oc6ccccc67)cc(c32)N4c2c(C)cc(C)cc2C)Nc2cc(-c3cccc4c3oc3ccccc34)cc3c2B5c2ccccc2N3c2ccccc2)c(C)c1. The molecule has 17 aromatic carbocycles. The lowest BCUT2D eigenvalue weighted by Gasteiger charge is -2.48. The normalized spacial score (nSPS) is 13.6. The van der Waals surface area contributed by atoms with Crippen molar-refractivity contribution < 1.29 is 18.0 Å². The third-order valence-corrected chi connectivity index (χ3v) is 27.5. The van der Waals surface area contributed by atoms with Crippen LogP contribution in [0.25, 0.3) is 99.2 Å². The molecule has 0 aliphatic carbocycles. The molecule has 26 rings (SSSR count). The van der Waals surface area contributed by atoms with E-state index in [0.29, 0.717) is 0 Å². The van der Waals surface area contributed by atoms with E-state index >= 15 is 0 Å². The van der Waals surface area contributed by atoms with Gasteiger partial charge in [-0.25, -0.2) is 0 Å². The number of furan rings is 3. The molecular weight excluding hydrogens is 1500 g/mol. The third kappa shape index (κ3) is 9.88. The number of nitrogens with zero attached hydrogens (tertiary/aromatic N) is 4. The van der Waals surface area contributed by atoms with Gasteiger partial charge in [-0.1, -0.05) is 229 Å². The molecule has 9 nitrogen and oxygen atoms in total. The van der Waals surface area contributed by atoms with Crippen molar-refractivity contribution in [3.8, 4) is 44.9 Å². The molecule has 0 saturated heterocycles. The maximum Gasteiger partial charge on any atom is 0.256 e. The first-order chi connectivity index (χ1) is 60.2. The molecule has 9 heterocycles. The predicted octanol–water partition coefficient (Wildman–Crippen LogP) is 24.0. The molecule has 0 spiro atoms. The maximum atomic E-state index is 7.53. The molecule has 0 bridgehead atoms. The Morgan fingerprint density at radius 3 is 1.13 bits per heavy atom. The molecule has 1 N–H and O–H groups in total. The average molecular weight is 1580 g/mol. The number of para-hydroxylation sites is 9. The minimum absolute atomic E-state index is 0.222. The first kappa shape index (κ1) is 70.0. The number of fused-ring (bicyclic) bond motifs is 21. The summed E-state index contributed by atoms with van der Waals surface area (Å²) in [7, 11) is 0. The summed E-state index contributed by atoms with van der Waals surface area (Å²) in [6.45, 7) is 19.7. The van der Waals surface area contributed by atoms with Crippen molar-refractivity contribution in [3.63, 3.8) is 0 Å². The van der Waals surface area contributed by atoms with Crippen LogP contribution in [0.2, 0.25) is 0 Å². The van der Waals surface area contributed by atoms with Gasteiger partial charge in [-0.15, -0.1) is 0 Å². The highest BCUT2D eigenvalue weighted by Crippen LogP contribution is 2.55. The fourth-order valence-electron chi connectivity index (χ4n) is 23.1. The highest BCUT2D eigenvalue weighted by atomic mass is 16.5. The lowest BCUT2D eigenvalue weighted by Crippen LogP contribution is -2.66. The van der Waals surface area contributed by atoms with Gasteiger partial charge in [0.15, 0.2) is 0 Å². The van der Waals surface area contributed by atoms with Crippen molar-refractivity contribution in [2.24, 2.45) is 0 Å². The molecule has 0 radical (unpaired) electrons. The molecule has 6 aliphatic rings. The van der Waals surface area contributed by atoms with Crippen molar-refractivity contribution in [2.45, 2.75) is 62.3 Å². The van der Waals surface area contributed by atoms with E-state index in [1.54, 1.807) is 0 Å². The maximum absolute atomic E-state index is 7.53. The van der Waals surface area contributed by atoms with Gasteiger partial charge < -0.3 is 42.9 Å². The molecule has 0 atom stereocenters. The molecule has 0 unspecified atom stereocenters. The van der Waals surface area contributed by atoms with E-state index in [9.17, 15) is 0 Å². The molecule has 123 heavy (non-hydrogen) atoms. The van der Waals surface area contributed by atoms with Gasteiger partial charge in [0, 0.05) is 112 Å². The molecule has 0 amide bonds. The summed E-state index contributed by atoms with van der Waals surface area (Å²) in [6.07, 6.45) is 0. The molecule has 0 fully saturated rings. The zero-order valence-electron chi connectivity index (χ0n) is 69.5. The highest BCUT2D eigenvalue weighted by Gasteiger charge is 2.51. The second kappa shape index (κ2) is 25.6. The Morgan fingerprint density at radius 2 is 0.626 bits per heavy atom. The van der Waals surface area contributed by atoms with Crippen LogP contribution in [0.3, 0.4) is 0 Å². The standard InChI is InChI=1S/C111H78B3N5O4/c1-60-44-63(4)106(64(5)45-60)117-91-58-88-84(112-82-37-16-18-39-90(82)116(72-26-11-10-12-27-72)94-51-69(50-89(115-88)103(94)112)73-31-23-34-79-76-28-13-19-40-98(76)121-109(73)79)56-85(91)114-87-57-86-92(59-93(87)118(107-65(6)46-61(2)47-66(107)7)96-53-70(52-95(117)104(96)114)74-32-24-35-80-77-29-14-20-41-99(77)122-110(74)80)119(108-67(8)48-62(3)49-68(108)9)97-54-71(55-102-105(97)113(86)83-38-17-22-43-101(83)120-102)75-33-25-36-81-78-30-15-21-42-100(78)123-111(75)81/h10-59,115H,1-9H3. The molecule has 20 aromatic rings. The quantitative estimate of drug-likeness (QED) is 0.157. The summed E-state index contributed by atoms with van der Waals surface area (Å²) in [5, 5.41) is 10.9. The van der Waals surface area contributed by atoms with Gasteiger partial charge in [-0.2, -0.15) is 0 Å². The fourth-order valence-corrected chi connectivity index (χ4v) is 23.1. The van der Waals surface area contributed by atoms with Crippen LogP contribution < -0.4 is 78.8 Å². The number of benzene rings is 17. The lowest BCUT2D eigenvalue weighted by atomic mass is 9.29. The summed E-state index contributed by atoms with van der Waals surface area (Å²) in [4.78, 5) is 10.5. The highest BCUT2D eigenvalue weighted by molar-refractivity contribution is 7.04. The molecule has 0 saturated carbocycles. The second-order valence-corrected chi connectivity index (χ2v) is 35.1. The molecular formula is C111H78B3N5O4. The number of rotatable bonds is 7. The molecule has 580 valence electrons. The van der Waals surface area contributed by atoms with Crippen LogP contribution in [0.4, 0.5) is 79.6 Å². The van der Waals surface area contributed by atoms with Gasteiger partial charge in [-0.3, -0.25) is 0 Å². The van der Waals surface area contributed by atoms with Gasteiger partial charge in [0.05, 0.1) is 17.1 Å². The topological polar surface area (TPSA) is 73.6 Å². The van der Waals surface area contributed by atoms with E-state index in [4.69, 9.17) is 18.0 Å².